The van der Waals surface area contributed by atoms with Crippen molar-refractivity contribution in [2.24, 2.45) is 0 Å². The maximum atomic E-state index is 12.9. The van der Waals surface area contributed by atoms with E-state index < -0.39 is 32.2 Å². The van der Waals surface area contributed by atoms with Crippen molar-refractivity contribution in [3.8, 4) is 17.2 Å². The number of aryl methyl sites for hydroxylation is 2. The van der Waals surface area contributed by atoms with Crippen molar-refractivity contribution < 1.29 is 31.4 Å². The molecule has 0 aromatic heterocycles. The molecule has 3 aromatic rings. The average Bonchev–Trinajstić information content (AvgIpc) is 2.65. The smallest absolute Gasteiger partial charge is 0.416 e. The maximum Gasteiger partial charge on any atom is 0.416 e. The second-order valence-electron chi connectivity index (χ2n) is 6.48. The summed E-state index contributed by atoms with van der Waals surface area (Å²) in [5.41, 5.74) is 0.711. The second kappa shape index (κ2) is 7.44. The molecule has 0 amide bonds. The summed E-state index contributed by atoms with van der Waals surface area (Å²) in [5.74, 6) is 0.195. The lowest BCUT2D eigenvalue weighted by Crippen LogP contribution is -2.07. The Hall–Kier alpha value is -3.00. The first-order chi connectivity index (χ1) is 13.5. The number of aromatic hydroxyl groups is 1. The van der Waals surface area contributed by atoms with Gasteiger partial charge in [0.1, 0.15) is 22.1 Å². The number of benzene rings is 3. The van der Waals surface area contributed by atoms with Gasteiger partial charge in [-0.3, -0.25) is 0 Å². The molecule has 0 fully saturated rings. The Morgan fingerprint density at radius 2 is 1.48 bits per heavy atom. The van der Waals surface area contributed by atoms with Crippen LogP contribution >= 0.6 is 0 Å². The van der Waals surface area contributed by atoms with E-state index in [4.69, 9.17) is 4.74 Å². The van der Waals surface area contributed by atoms with Crippen molar-refractivity contribution in [2.75, 3.05) is 0 Å². The lowest BCUT2D eigenvalue weighted by molar-refractivity contribution is -0.137. The Morgan fingerprint density at radius 1 is 0.897 bits per heavy atom. The summed E-state index contributed by atoms with van der Waals surface area (Å²) in [6, 6.07) is 12.3. The minimum Gasteiger partial charge on any atom is -0.507 e. The first-order valence-corrected chi connectivity index (χ1v) is 9.98. The van der Waals surface area contributed by atoms with Crippen LogP contribution in [0.1, 0.15) is 16.7 Å². The molecule has 0 unspecified atom stereocenters. The monoisotopic (exact) mass is 422 g/mol. The highest BCUT2D eigenvalue weighted by molar-refractivity contribution is 7.91. The third kappa shape index (κ3) is 4.22. The molecule has 0 saturated carbocycles. The summed E-state index contributed by atoms with van der Waals surface area (Å²) in [4.78, 5) is -0.828. The molecule has 152 valence electrons. The standard InChI is InChI=1S/C21H17F3O4S/c1-13-4-3-5-14(2)20(13)28-16-8-11-18(25)19(12-16)29(26,27)17-9-6-15(7-10-17)21(22,23)24/h3-12,25H,1-2H3. The van der Waals surface area contributed by atoms with Crippen molar-refractivity contribution in [1.29, 1.82) is 0 Å². The van der Waals surface area contributed by atoms with Crippen molar-refractivity contribution in [1.82, 2.24) is 0 Å². The van der Waals surface area contributed by atoms with Gasteiger partial charge in [-0.2, -0.15) is 13.2 Å². The van der Waals surface area contributed by atoms with Gasteiger partial charge in [0.2, 0.25) is 9.84 Å². The van der Waals surface area contributed by atoms with E-state index >= 15 is 0 Å². The van der Waals surface area contributed by atoms with Gasteiger partial charge in [-0.25, -0.2) is 8.42 Å². The molecule has 3 aromatic carbocycles. The van der Waals surface area contributed by atoms with E-state index in [1.54, 1.807) is 0 Å². The Balaban J connectivity index is 2.01. The fourth-order valence-electron chi connectivity index (χ4n) is 2.80. The molecule has 0 aliphatic heterocycles. The molecule has 0 aliphatic rings. The molecule has 29 heavy (non-hydrogen) atoms. The molecule has 4 nitrogen and oxygen atoms in total. The molecule has 1 N–H and O–H groups in total. The normalized spacial score (nSPS) is 12.0. The number of hydrogen-bond donors (Lipinski definition) is 1. The number of phenolic OH excluding ortho intramolecular Hbond substituents is 1. The summed E-state index contributed by atoms with van der Waals surface area (Å²) >= 11 is 0. The number of ether oxygens (including phenoxy) is 1. The zero-order valence-electron chi connectivity index (χ0n) is 15.5. The Bertz CT molecular complexity index is 1130. The van der Waals surface area contributed by atoms with Crippen LogP contribution in [0.2, 0.25) is 0 Å². The van der Waals surface area contributed by atoms with Crippen molar-refractivity contribution in [3.63, 3.8) is 0 Å². The quantitative estimate of drug-likeness (QED) is 0.590. The SMILES string of the molecule is Cc1cccc(C)c1Oc1ccc(O)c(S(=O)(=O)c2ccc(C(F)(F)F)cc2)c1. The Labute approximate surface area is 166 Å². The van der Waals surface area contributed by atoms with Crippen molar-refractivity contribution in [2.45, 2.75) is 29.8 Å². The Morgan fingerprint density at radius 3 is 2.03 bits per heavy atom. The van der Waals surface area contributed by atoms with Crippen molar-refractivity contribution in [3.05, 3.63) is 77.4 Å². The molecule has 0 atom stereocenters. The predicted molar refractivity (Wildman–Crippen MR) is 101 cm³/mol. The van der Waals surface area contributed by atoms with E-state index in [2.05, 4.69) is 0 Å². The van der Waals surface area contributed by atoms with E-state index in [0.29, 0.717) is 17.9 Å². The van der Waals surface area contributed by atoms with E-state index in [1.165, 1.54) is 12.1 Å². The van der Waals surface area contributed by atoms with Crippen molar-refractivity contribution >= 4 is 9.84 Å². The summed E-state index contributed by atoms with van der Waals surface area (Å²) in [6.45, 7) is 3.67. The molecule has 0 heterocycles. The van der Waals surface area contributed by atoms with Gasteiger partial charge < -0.3 is 9.84 Å². The minimum atomic E-state index is -4.58. The Kier molecular flexibility index (Phi) is 5.32. The molecular formula is C21H17F3O4S. The number of phenols is 1. The largest absolute Gasteiger partial charge is 0.507 e. The van der Waals surface area contributed by atoms with Crippen LogP contribution in [0, 0.1) is 13.8 Å². The van der Waals surface area contributed by atoms with Crippen LogP contribution in [-0.2, 0) is 16.0 Å². The first-order valence-electron chi connectivity index (χ1n) is 8.49. The fraction of sp³-hybridized carbons (Fsp3) is 0.143. The van der Waals surface area contributed by atoms with Crippen LogP contribution in [0.15, 0.2) is 70.5 Å². The lowest BCUT2D eigenvalue weighted by Gasteiger charge is -2.14. The van der Waals surface area contributed by atoms with Crippen LogP contribution in [0.5, 0.6) is 17.2 Å². The van der Waals surface area contributed by atoms with Gasteiger partial charge in [0.15, 0.2) is 0 Å². The first kappa shape index (κ1) is 20.7. The number of halogens is 3. The van der Waals surface area contributed by atoms with E-state index in [9.17, 15) is 26.7 Å². The topological polar surface area (TPSA) is 63.6 Å². The summed E-state index contributed by atoms with van der Waals surface area (Å²) in [6.07, 6.45) is -4.58. The van der Waals surface area contributed by atoms with Crippen LogP contribution in [-0.4, -0.2) is 13.5 Å². The zero-order chi connectivity index (χ0) is 21.4. The lowest BCUT2D eigenvalue weighted by atomic mass is 10.1. The molecule has 3 rings (SSSR count). The number of rotatable bonds is 4. The highest BCUT2D eigenvalue weighted by atomic mass is 32.2. The molecule has 0 saturated heterocycles. The van der Waals surface area contributed by atoms with Gasteiger partial charge >= 0.3 is 6.18 Å². The van der Waals surface area contributed by atoms with Crippen LogP contribution in [0.3, 0.4) is 0 Å². The van der Waals surface area contributed by atoms with E-state index in [-0.39, 0.29) is 10.6 Å². The van der Waals surface area contributed by atoms with Crippen LogP contribution in [0.4, 0.5) is 13.2 Å². The van der Waals surface area contributed by atoms with Gasteiger partial charge in [-0.05, 0) is 61.4 Å². The fourth-order valence-corrected chi connectivity index (χ4v) is 4.16. The van der Waals surface area contributed by atoms with Gasteiger partial charge in [-0.1, -0.05) is 18.2 Å². The van der Waals surface area contributed by atoms with E-state index in [0.717, 1.165) is 29.3 Å². The van der Waals surface area contributed by atoms with Gasteiger partial charge in [0.05, 0.1) is 10.5 Å². The highest BCUT2D eigenvalue weighted by Gasteiger charge is 2.31. The molecule has 8 heteroatoms. The average molecular weight is 422 g/mol. The van der Waals surface area contributed by atoms with Gasteiger partial charge in [0, 0.05) is 6.07 Å². The number of para-hydroxylation sites is 1. The number of sulfone groups is 1. The third-order valence-electron chi connectivity index (χ3n) is 4.34. The van der Waals surface area contributed by atoms with Crippen LogP contribution < -0.4 is 4.74 Å². The van der Waals surface area contributed by atoms with Gasteiger partial charge in [-0.15, -0.1) is 0 Å². The summed E-state index contributed by atoms with van der Waals surface area (Å²) in [5, 5.41) is 10.1. The minimum absolute atomic E-state index is 0.172. The summed E-state index contributed by atoms with van der Waals surface area (Å²) < 4.78 is 69.7. The number of alkyl halides is 3. The van der Waals surface area contributed by atoms with E-state index in [1.807, 2.05) is 32.0 Å². The highest BCUT2D eigenvalue weighted by Crippen LogP contribution is 2.36. The predicted octanol–water partition coefficient (Wildman–Crippen LogP) is 5.65. The molecule has 0 bridgehead atoms. The molecular weight excluding hydrogens is 405 g/mol. The molecule has 0 aliphatic carbocycles. The maximum absolute atomic E-state index is 12.9. The van der Waals surface area contributed by atoms with Crippen LogP contribution in [0.25, 0.3) is 0 Å². The number of hydrogen-bond acceptors (Lipinski definition) is 4. The third-order valence-corrected chi connectivity index (χ3v) is 6.14. The zero-order valence-corrected chi connectivity index (χ0v) is 16.3. The summed E-state index contributed by atoms with van der Waals surface area (Å²) in [7, 11) is -4.26. The molecule has 0 radical (unpaired) electrons. The van der Waals surface area contributed by atoms with Gasteiger partial charge in [0.25, 0.3) is 0 Å². The molecule has 0 spiro atoms. The second-order valence-corrected chi connectivity index (χ2v) is 8.40.